The van der Waals surface area contributed by atoms with Crippen LogP contribution in [0, 0.1) is 5.82 Å². The molecule has 0 bridgehead atoms. The van der Waals surface area contributed by atoms with Gasteiger partial charge in [-0.15, -0.1) is 12.4 Å². The monoisotopic (exact) mass is 315 g/mol. The topological polar surface area (TPSA) is 61.4 Å². The maximum atomic E-state index is 13.6. The molecule has 1 fully saturated rings. The van der Waals surface area contributed by atoms with Crippen LogP contribution in [0.15, 0.2) is 18.2 Å². The number of halogens is 2. The highest BCUT2D eigenvalue weighted by Crippen LogP contribution is 2.18. The summed E-state index contributed by atoms with van der Waals surface area (Å²) >= 11 is 0. The lowest BCUT2D eigenvalue weighted by Crippen LogP contribution is -2.34. The van der Waals surface area contributed by atoms with Gasteiger partial charge in [0.1, 0.15) is 5.82 Å². The summed E-state index contributed by atoms with van der Waals surface area (Å²) < 4.78 is 13.6. The van der Waals surface area contributed by atoms with E-state index in [4.69, 9.17) is 0 Å². The van der Waals surface area contributed by atoms with Gasteiger partial charge in [-0.05, 0) is 31.2 Å². The van der Waals surface area contributed by atoms with Crippen molar-refractivity contribution < 1.29 is 14.0 Å². The number of amides is 2. The second-order valence-electron chi connectivity index (χ2n) is 4.77. The van der Waals surface area contributed by atoms with Gasteiger partial charge in [-0.3, -0.25) is 9.59 Å². The van der Waals surface area contributed by atoms with Crippen molar-refractivity contribution >= 4 is 29.9 Å². The van der Waals surface area contributed by atoms with Gasteiger partial charge in [0.25, 0.3) is 5.91 Å². The van der Waals surface area contributed by atoms with Crippen molar-refractivity contribution in [2.24, 2.45) is 0 Å². The van der Waals surface area contributed by atoms with E-state index in [-0.39, 0.29) is 29.9 Å². The molecule has 0 radical (unpaired) electrons. The number of anilines is 1. The number of rotatable bonds is 2. The minimum atomic E-state index is -0.547. The molecule has 1 aromatic carbocycles. The Morgan fingerprint density at radius 3 is 2.76 bits per heavy atom. The highest BCUT2D eigenvalue weighted by molar-refractivity contribution is 5.97. The molecular weight excluding hydrogens is 297 g/mol. The van der Waals surface area contributed by atoms with E-state index in [1.54, 1.807) is 4.90 Å². The fraction of sp³-hybridized carbons (Fsp3) is 0.429. The molecule has 0 aliphatic carbocycles. The van der Waals surface area contributed by atoms with E-state index >= 15 is 0 Å². The molecule has 1 aliphatic rings. The van der Waals surface area contributed by atoms with Crippen LogP contribution >= 0.6 is 12.4 Å². The molecule has 0 atom stereocenters. The Bertz CT molecular complexity index is 517. The Morgan fingerprint density at radius 1 is 1.29 bits per heavy atom. The predicted octanol–water partition coefficient (Wildman–Crippen LogP) is 1.64. The summed E-state index contributed by atoms with van der Waals surface area (Å²) in [5.74, 6) is -1.05. The Labute approximate surface area is 129 Å². The highest BCUT2D eigenvalue weighted by Gasteiger charge is 2.18. The molecule has 1 aliphatic heterocycles. The van der Waals surface area contributed by atoms with E-state index in [1.807, 2.05) is 0 Å². The zero-order valence-corrected chi connectivity index (χ0v) is 12.6. The fourth-order valence-corrected chi connectivity index (χ4v) is 2.18. The SMILES string of the molecule is CC(=O)Nc1cc(C(=O)N2CCCNCC2)ccc1F.Cl. The predicted molar refractivity (Wildman–Crippen MR) is 81.3 cm³/mol. The quantitative estimate of drug-likeness (QED) is 0.872. The van der Waals surface area contributed by atoms with Gasteiger partial charge in [0, 0.05) is 32.1 Å². The summed E-state index contributed by atoms with van der Waals surface area (Å²) in [6.07, 6.45) is 0.894. The molecule has 0 unspecified atom stereocenters. The van der Waals surface area contributed by atoms with E-state index in [9.17, 15) is 14.0 Å². The lowest BCUT2D eigenvalue weighted by Gasteiger charge is -2.20. The Balaban J connectivity index is 0.00000220. The highest BCUT2D eigenvalue weighted by atomic mass is 35.5. The van der Waals surface area contributed by atoms with Gasteiger partial charge in [-0.25, -0.2) is 4.39 Å². The molecule has 21 heavy (non-hydrogen) atoms. The first-order valence-electron chi connectivity index (χ1n) is 6.65. The maximum absolute atomic E-state index is 13.6. The third-order valence-corrected chi connectivity index (χ3v) is 3.15. The standard InChI is InChI=1S/C14H18FN3O2.ClH/c1-10(19)17-13-9-11(3-4-12(13)15)14(20)18-7-2-5-16-6-8-18;/h3-4,9,16H,2,5-8H2,1H3,(H,17,19);1H. The van der Waals surface area contributed by atoms with E-state index in [0.717, 1.165) is 19.5 Å². The molecule has 7 heteroatoms. The summed E-state index contributed by atoms with van der Waals surface area (Å²) in [6.45, 7) is 4.26. The van der Waals surface area contributed by atoms with Crippen molar-refractivity contribution in [3.8, 4) is 0 Å². The van der Waals surface area contributed by atoms with E-state index < -0.39 is 5.82 Å². The molecule has 2 N–H and O–H groups in total. The van der Waals surface area contributed by atoms with Crippen molar-refractivity contribution in [1.29, 1.82) is 0 Å². The van der Waals surface area contributed by atoms with Crippen LogP contribution in [0.2, 0.25) is 0 Å². The summed E-state index contributed by atoms with van der Waals surface area (Å²) in [6, 6.07) is 4.03. The van der Waals surface area contributed by atoms with Crippen LogP contribution in [0.25, 0.3) is 0 Å². The second kappa shape index (κ2) is 7.95. The van der Waals surface area contributed by atoms with Crippen LogP contribution < -0.4 is 10.6 Å². The number of carbonyl (C=O) groups is 2. The van der Waals surface area contributed by atoms with Crippen LogP contribution in [-0.2, 0) is 4.79 Å². The number of nitrogens with one attached hydrogen (secondary N) is 2. The van der Waals surface area contributed by atoms with Gasteiger partial charge in [0.2, 0.25) is 5.91 Å². The van der Waals surface area contributed by atoms with Gasteiger partial charge in [0.15, 0.2) is 0 Å². The molecule has 2 rings (SSSR count). The van der Waals surface area contributed by atoms with E-state index in [1.165, 1.54) is 25.1 Å². The Kier molecular flexibility index (Phi) is 6.58. The third kappa shape index (κ3) is 4.68. The smallest absolute Gasteiger partial charge is 0.253 e. The van der Waals surface area contributed by atoms with Crippen molar-refractivity contribution in [3.63, 3.8) is 0 Å². The van der Waals surface area contributed by atoms with Crippen LogP contribution in [0.5, 0.6) is 0 Å². The molecule has 0 saturated carbocycles. The van der Waals surface area contributed by atoms with Crippen molar-refractivity contribution in [1.82, 2.24) is 10.2 Å². The normalized spacial score (nSPS) is 14.9. The maximum Gasteiger partial charge on any atom is 0.253 e. The zero-order valence-electron chi connectivity index (χ0n) is 11.8. The average molecular weight is 316 g/mol. The first-order chi connectivity index (χ1) is 9.58. The molecule has 0 aromatic heterocycles. The van der Waals surface area contributed by atoms with Crippen LogP contribution in [-0.4, -0.2) is 42.9 Å². The molecule has 5 nitrogen and oxygen atoms in total. The number of hydrogen-bond acceptors (Lipinski definition) is 3. The average Bonchev–Trinajstić information content (AvgIpc) is 2.69. The van der Waals surface area contributed by atoms with Gasteiger partial charge < -0.3 is 15.5 Å². The summed E-state index contributed by atoms with van der Waals surface area (Å²) in [7, 11) is 0. The van der Waals surface area contributed by atoms with Crippen molar-refractivity contribution in [2.75, 3.05) is 31.5 Å². The number of hydrogen-bond donors (Lipinski definition) is 2. The second-order valence-corrected chi connectivity index (χ2v) is 4.77. The lowest BCUT2D eigenvalue weighted by atomic mass is 10.1. The minimum absolute atomic E-state index is 0. The molecule has 116 valence electrons. The van der Waals surface area contributed by atoms with Gasteiger partial charge >= 0.3 is 0 Å². The molecule has 1 heterocycles. The van der Waals surface area contributed by atoms with Crippen LogP contribution in [0.3, 0.4) is 0 Å². The summed E-state index contributed by atoms with van der Waals surface area (Å²) in [5, 5.41) is 5.61. The molecule has 0 spiro atoms. The molecular formula is C14H19ClFN3O2. The molecule has 2 amide bonds. The van der Waals surface area contributed by atoms with E-state index in [2.05, 4.69) is 10.6 Å². The third-order valence-electron chi connectivity index (χ3n) is 3.15. The number of nitrogens with zero attached hydrogens (tertiary/aromatic N) is 1. The molecule has 1 aromatic rings. The number of benzene rings is 1. The van der Waals surface area contributed by atoms with Crippen LogP contribution in [0.1, 0.15) is 23.7 Å². The van der Waals surface area contributed by atoms with Crippen molar-refractivity contribution in [3.05, 3.63) is 29.6 Å². The van der Waals surface area contributed by atoms with Gasteiger partial charge in [0.05, 0.1) is 5.69 Å². The largest absolute Gasteiger partial charge is 0.337 e. The van der Waals surface area contributed by atoms with E-state index in [0.29, 0.717) is 18.7 Å². The molecule has 1 saturated heterocycles. The van der Waals surface area contributed by atoms with Gasteiger partial charge in [-0.2, -0.15) is 0 Å². The summed E-state index contributed by atoms with van der Waals surface area (Å²) in [4.78, 5) is 25.1. The fourth-order valence-electron chi connectivity index (χ4n) is 2.18. The Hall–Kier alpha value is -1.66. The zero-order chi connectivity index (χ0) is 14.5. The van der Waals surface area contributed by atoms with Gasteiger partial charge in [-0.1, -0.05) is 0 Å². The Morgan fingerprint density at radius 2 is 2.05 bits per heavy atom. The number of carbonyl (C=O) groups excluding carboxylic acids is 2. The summed E-state index contributed by atoms with van der Waals surface area (Å²) in [5.41, 5.74) is 0.424. The van der Waals surface area contributed by atoms with Crippen molar-refractivity contribution in [2.45, 2.75) is 13.3 Å². The lowest BCUT2D eigenvalue weighted by molar-refractivity contribution is -0.114. The van der Waals surface area contributed by atoms with Crippen LogP contribution in [0.4, 0.5) is 10.1 Å². The first-order valence-corrected chi connectivity index (χ1v) is 6.65. The first kappa shape index (κ1) is 17.4. The minimum Gasteiger partial charge on any atom is -0.337 e.